The van der Waals surface area contributed by atoms with Gasteiger partial charge in [-0.2, -0.15) is 0 Å². The Hall–Kier alpha value is -1.10. The standard InChI is InChI=1S/C18H29NO2Si/c1-18(2,3)22(4,5)20-15-13-17-12-9-14-19(21-17)16-10-7-6-8-11-16/h6-12,17H,13-15H2,1-5H3/t17-/m0/s1. The highest BCUT2D eigenvalue weighted by molar-refractivity contribution is 6.74. The van der Waals surface area contributed by atoms with Gasteiger partial charge in [0.2, 0.25) is 0 Å². The van der Waals surface area contributed by atoms with Crippen LogP contribution in [-0.4, -0.2) is 27.6 Å². The van der Waals surface area contributed by atoms with Gasteiger partial charge in [0.25, 0.3) is 0 Å². The second-order valence-corrected chi connectivity index (χ2v) is 12.2. The molecule has 22 heavy (non-hydrogen) atoms. The molecular formula is C18H29NO2Si. The highest BCUT2D eigenvalue weighted by Gasteiger charge is 2.37. The van der Waals surface area contributed by atoms with Gasteiger partial charge in [-0.25, -0.2) is 5.06 Å². The van der Waals surface area contributed by atoms with Crippen molar-refractivity contribution in [2.75, 3.05) is 18.2 Å². The molecule has 4 heteroatoms. The van der Waals surface area contributed by atoms with E-state index in [1.165, 1.54) is 0 Å². The first kappa shape index (κ1) is 17.3. The van der Waals surface area contributed by atoms with Crippen LogP contribution in [0.1, 0.15) is 27.2 Å². The number of hydrogen-bond donors (Lipinski definition) is 0. The summed E-state index contributed by atoms with van der Waals surface area (Å²) in [5.74, 6) is 0. The van der Waals surface area contributed by atoms with E-state index in [1.807, 2.05) is 23.3 Å². The van der Waals surface area contributed by atoms with Crippen LogP contribution in [0.4, 0.5) is 5.69 Å². The van der Waals surface area contributed by atoms with Gasteiger partial charge in [0.05, 0.1) is 12.2 Å². The van der Waals surface area contributed by atoms with Crippen LogP contribution in [0, 0.1) is 0 Å². The first-order chi connectivity index (χ1) is 10.3. The number of benzene rings is 1. The van der Waals surface area contributed by atoms with Crippen molar-refractivity contribution in [2.45, 2.75) is 51.4 Å². The van der Waals surface area contributed by atoms with Gasteiger partial charge >= 0.3 is 0 Å². The minimum absolute atomic E-state index is 0.0960. The summed E-state index contributed by atoms with van der Waals surface area (Å²) >= 11 is 0. The van der Waals surface area contributed by atoms with Gasteiger partial charge in [-0.1, -0.05) is 51.1 Å². The van der Waals surface area contributed by atoms with Crippen molar-refractivity contribution in [2.24, 2.45) is 0 Å². The summed E-state index contributed by atoms with van der Waals surface area (Å²) in [5, 5.41) is 2.21. The highest BCUT2D eigenvalue weighted by atomic mass is 28.4. The van der Waals surface area contributed by atoms with Gasteiger partial charge < -0.3 is 4.43 Å². The Morgan fingerprint density at radius 3 is 2.55 bits per heavy atom. The lowest BCUT2D eigenvalue weighted by Gasteiger charge is -2.37. The molecule has 0 saturated heterocycles. The molecule has 1 aliphatic heterocycles. The second-order valence-electron chi connectivity index (χ2n) is 7.37. The molecule has 0 radical (unpaired) electrons. The first-order valence-electron chi connectivity index (χ1n) is 8.09. The molecule has 1 aromatic carbocycles. The zero-order valence-electron chi connectivity index (χ0n) is 14.5. The maximum Gasteiger partial charge on any atom is 0.191 e. The SMILES string of the molecule is CC(C)(C)[Si](C)(C)OCC[C@@H]1C=CCN(c2ccccc2)O1. The van der Waals surface area contributed by atoms with Crippen molar-refractivity contribution in [1.29, 1.82) is 0 Å². The zero-order chi connectivity index (χ0) is 16.2. The van der Waals surface area contributed by atoms with E-state index in [2.05, 4.69) is 58.2 Å². The molecule has 2 rings (SSSR count). The monoisotopic (exact) mass is 319 g/mol. The van der Waals surface area contributed by atoms with Gasteiger partial charge in [0, 0.05) is 13.0 Å². The third kappa shape index (κ3) is 4.45. The molecule has 0 spiro atoms. The number of para-hydroxylation sites is 1. The molecule has 0 aliphatic carbocycles. The fourth-order valence-corrected chi connectivity index (χ4v) is 3.17. The first-order valence-corrected chi connectivity index (χ1v) is 11.0. The largest absolute Gasteiger partial charge is 0.417 e. The maximum atomic E-state index is 6.24. The summed E-state index contributed by atoms with van der Waals surface area (Å²) in [4.78, 5) is 6.05. The zero-order valence-corrected chi connectivity index (χ0v) is 15.5. The van der Waals surface area contributed by atoms with E-state index >= 15 is 0 Å². The lowest BCUT2D eigenvalue weighted by Crippen LogP contribution is -2.41. The van der Waals surface area contributed by atoms with Crippen LogP contribution < -0.4 is 5.06 Å². The Morgan fingerprint density at radius 1 is 1.23 bits per heavy atom. The van der Waals surface area contributed by atoms with E-state index in [9.17, 15) is 0 Å². The Kier molecular flexibility index (Phi) is 5.48. The molecule has 1 atom stereocenters. The molecular weight excluding hydrogens is 290 g/mol. The Balaban J connectivity index is 1.84. The quantitative estimate of drug-likeness (QED) is 0.576. The van der Waals surface area contributed by atoms with Crippen LogP contribution >= 0.6 is 0 Å². The van der Waals surface area contributed by atoms with E-state index in [-0.39, 0.29) is 11.1 Å². The van der Waals surface area contributed by atoms with E-state index < -0.39 is 8.32 Å². The van der Waals surface area contributed by atoms with Gasteiger partial charge in [0.1, 0.15) is 6.10 Å². The molecule has 0 N–H and O–H groups in total. The number of rotatable bonds is 5. The molecule has 0 saturated carbocycles. The summed E-state index contributed by atoms with van der Waals surface area (Å²) in [6.45, 7) is 13.0. The normalized spacial score (nSPS) is 19.5. The molecule has 1 heterocycles. The van der Waals surface area contributed by atoms with Crippen LogP contribution in [-0.2, 0) is 9.26 Å². The van der Waals surface area contributed by atoms with Gasteiger partial charge in [-0.15, -0.1) is 0 Å². The topological polar surface area (TPSA) is 21.7 Å². The van der Waals surface area contributed by atoms with Crippen LogP contribution in [0.2, 0.25) is 18.1 Å². The summed E-state index contributed by atoms with van der Waals surface area (Å²) in [5.41, 5.74) is 1.10. The van der Waals surface area contributed by atoms with E-state index in [4.69, 9.17) is 9.26 Å². The molecule has 0 fully saturated rings. The molecule has 1 aromatic rings. The fourth-order valence-electron chi connectivity index (χ4n) is 2.11. The number of nitrogens with zero attached hydrogens (tertiary/aromatic N) is 1. The average Bonchev–Trinajstić information content (AvgIpc) is 2.47. The van der Waals surface area contributed by atoms with Crippen molar-refractivity contribution < 1.29 is 9.26 Å². The number of hydroxylamine groups is 1. The van der Waals surface area contributed by atoms with Crippen LogP contribution in [0.3, 0.4) is 0 Å². The molecule has 0 aromatic heterocycles. The third-order valence-electron chi connectivity index (χ3n) is 4.60. The van der Waals surface area contributed by atoms with E-state index in [0.29, 0.717) is 0 Å². The maximum absolute atomic E-state index is 6.24. The second kappa shape index (κ2) is 6.98. The van der Waals surface area contributed by atoms with Crippen molar-refractivity contribution >= 4 is 14.0 Å². The Bertz CT molecular complexity index is 494. The Labute approximate surface area is 136 Å². The lowest BCUT2D eigenvalue weighted by molar-refractivity contribution is 0.0440. The summed E-state index contributed by atoms with van der Waals surface area (Å²) < 4.78 is 6.24. The van der Waals surface area contributed by atoms with Gasteiger partial charge in [-0.05, 0) is 30.3 Å². The fraction of sp³-hybridized carbons (Fsp3) is 0.556. The predicted molar refractivity (Wildman–Crippen MR) is 95.6 cm³/mol. The van der Waals surface area contributed by atoms with Crippen molar-refractivity contribution in [3.63, 3.8) is 0 Å². The summed E-state index contributed by atoms with van der Waals surface area (Å²) in [6.07, 6.45) is 5.31. The molecule has 0 unspecified atom stereocenters. The van der Waals surface area contributed by atoms with Crippen molar-refractivity contribution in [1.82, 2.24) is 0 Å². The van der Waals surface area contributed by atoms with Crippen LogP contribution in [0.5, 0.6) is 0 Å². The summed E-state index contributed by atoms with van der Waals surface area (Å²) in [7, 11) is -1.66. The lowest BCUT2D eigenvalue weighted by atomic mass is 10.2. The van der Waals surface area contributed by atoms with Crippen LogP contribution in [0.15, 0.2) is 42.5 Å². The molecule has 0 bridgehead atoms. The molecule has 122 valence electrons. The number of hydrogen-bond acceptors (Lipinski definition) is 3. The minimum atomic E-state index is -1.66. The molecule has 3 nitrogen and oxygen atoms in total. The van der Waals surface area contributed by atoms with Gasteiger partial charge in [-0.3, -0.25) is 4.84 Å². The van der Waals surface area contributed by atoms with Crippen molar-refractivity contribution in [3.8, 4) is 0 Å². The van der Waals surface area contributed by atoms with Crippen molar-refractivity contribution in [3.05, 3.63) is 42.5 Å². The predicted octanol–water partition coefficient (Wildman–Crippen LogP) is 4.77. The van der Waals surface area contributed by atoms with E-state index in [0.717, 1.165) is 25.3 Å². The molecule has 1 aliphatic rings. The highest BCUT2D eigenvalue weighted by Crippen LogP contribution is 2.36. The number of anilines is 1. The van der Waals surface area contributed by atoms with E-state index in [1.54, 1.807) is 0 Å². The van der Waals surface area contributed by atoms with Crippen LogP contribution in [0.25, 0.3) is 0 Å². The smallest absolute Gasteiger partial charge is 0.191 e. The van der Waals surface area contributed by atoms with Gasteiger partial charge in [0.15, 0.2) is 8.32 Å². The summed E-state index contributed by atoms with van der Waals surface area (Å²) in [6, 6.07) is 10.2. The Morgan fingerprint density at radius 2 is 1.91 bits per heavy atom. The molecule has 0 amide bonds. The third-order valence-corrected chi connectivity index (χ3v) is 9.14. The average molecular weight is 320 g/mol. The minimum Gasteiger partial charge on any atom is -0.417 e.